The number of ether oxygens (including phenoxy) is 2. The molecule has 0 aromatic rings. The number of hydrogen-bond donors (Lipinski definition) is 1. The Kier molecular flexibility index (Phi) is 5.83. The molecule has 1 fully saturated rings. The van der Waals surface area contributed by atoms with Crippen LogP contribution in [0.5, 0.6) is 0 Å². The third-order valence-electron chi connectivity index (χ3n) is 2.54. The van der Waals surface area contributed by atoms with Crippen molar-refractivity contribution in [2.24, 2.45) is 0 Å². The molecule has 7 heteroatoms. The van der Waals surface area contributed by atoms with Crippen LogP contribution >= 0.6 is 0 Å². The van der Waals surface area contributed by atoms with E-state index in [1.807, 2.05) is 0 Å². The van der Waals surface area contributed by atoms with Crippen LogP contribution in [0.3, 0.4) is 0 Å². The molecule has 1 rings (SSSR count). The first-order valence-electron chi connectivity index (χ1n) is 5.24. The Morgan fingerprint density at radius 1 is 1.19 bits per heavy atom. The van der Waals surface area contributed by atoms with E-state index in [0.29, 0.717) is 19.3 Å². The second-order valence-corrected chi connectivity index (χ2v) is 6.63. The molecular formula is C9H20O6Si. The monoisotopic (exact) mass is 252 g/mol. The lowest BCUT2D eigenvalue weighted by molar-refractivity contribution is 0.100. The highest BCUT2D eigenvalue weighted by molar-refractivity contribution is 6.60. The summed E-state index contributed by atoms with van der Waals surface area (Å²) in [5, 5.41) is 8.87. The van der Waals surface area contributed by atoms with Gasteiger partial charge in [-0.1, -0.05) is 0 Å². The largest absolute Gasteiger partial charge is 0.500 e. The van der Waals surface area contributed by atoms with Crippen LogP contribution in [0.4, 0.5) is 0 Å². The Labute approximate surface area is 96.8 Å². The smallest absolute Gasteiger partial charge is 0.379 e. The van der Waals surface area contributed by atoms with Gasteiger partial charge in [-0.3, -0.25) is 0 Å². The van der Waals surface area contributed by atoms with Gasteiger partial charge in [0.05, 0.1) is 6.61 Å². The van der Waals surface area contributed by atoms with E-state index in [4.69, 9.17) is 27.9 Å². The third-order valence-corrected chi connectivity index (χ3v) is 5.37. The van der Waals surface area contributed by atoms with Crippen LogP contribution in [0.2, 0.25) is 6.04 Å². The van der Waals surface area contributed by atoms with Crippen molar-refractivity contribution in [1.29, 1.82) is 0 Å². The summed E-state index contributed by atoms with van der Waals surface area (Å²) in [6, 6.07) is 0.713. The lowest BCUT2D eigenvalue weighted by atomic mass is 10.5. The number of hydrogen-bond acceptors (Lipinski definition) is 6. The number of aliphatic hydroxyl groups excluding tert-OH is 1. The zero-order valence-electron chi connectivity index (χ0n) is 9.97. The van der Waals surface area contributed by atoms with Gasteiger partial charge in [0.15, 0.2) is 6.29 Å². The molecule has 6 nitrogen and oxygen atoms in total. The topological polar surface area (TPSA) is 69.7 Å². The van der Waals surface area contributed by atoms with E-state index >= 15 is 0 Å². The molecule has 1 N–H and O–H groups in total. The van der Waals surface area contributed by atoms with Crippen LogP contribution in [-0.4, -0.2) is 60.8 Å². The van der Waals surface area contributed by atoms with Gasteiger partial charge < -0.3 is 27.9 Å². The molecule has 16 heavy (non-hydrogen) atoms. The molecule has 1 aliphatic rings. The third kappa shape index (κ3) is 4.09. The van der Waals surface area contributed by atoms with E-state index in [-0.39, 0.29) is 6.10 Å². The Morgan fingerprint density at radius 2 is 1.75 bits per heavy atom. The van der Waals surface area contributed by atoms with Gasteiger partial charge in [-0.05, 0) is 6.42 Å². The predicted octanol–water partition coefficient (Wildman–Crippen LogP) is -0.0116. The first kappa shape index (κ1) is 14.0. The van der Waals surface area contributed by atoms with Crippen molar-refractivity contribution < 1.29 is 27.9 Å². The maximum atomic E-state index is 8.87. The van der Waals surface area contributed by atoms with Crippen LogP contribution in [0.15, 0.2) is 0 Å². The van der Waals surface area contributed by atoms with Gasteiger partial charge >= 0.3 is 8.80 Å². The maximum Gasteiger partial charge on any atom is 0.500 e. The minimum absolute atomic E-state index is 0.144. The van der Waals surface area contributed by atoms with Crippen molar-refractivity contribution >= 4 is 8.80 Å². The quantitative estimate of drug-likeness (QED) is 0.353. The molecule has 0 spiro atoms. The van der Waals surface area contributed by atoms with E-state index in [1.54, 1.807) is 21.3 Å². The van der Waals surface area contributed by atoms with Crippen LogP contribution in [0, 0.1) is 0 Å². The van der Waals surface area contributed by atoms with Crippen molar-refractivity contribution in [3.63, 3.8) is 0 Å². The second kappa shape index (κ2) is 6.65. The molecule has 2 atom stereocenters. The first-order chi connectivity index (χ1) is 7.67. The molecule has 2 unspecified atom stereocenters. The standard InChI is InChI=1S/C9H20O6Si/c1-11-16(12-2,13-3)6-4-5-14-7-8-9(10)15-8/h8-10H,4-7H2,1-3H3. The van der Waals surface area contributed by atoms with Crippen molar-refractivity contribution in [1.82, 2.24) is 0 Å². The van der Waals surface area contributed by atoms with E-state index in [1.165, 1.54) is 0 Å². The zero-order chi connectivity index (χ0) is 12.0. The Morgan fingerprint density at radius 3 is 2.19 bits per heavy atom. The van der Waals surface area contributed by atoms with Crippen molar-refractivity contribution in [2.75, 3.05) is 34.5 Å². The Hall–Kier alpha value is -0.0231. The normalized spacial score (nSPS) is 24.8. The van der Waals surface area contributed by atoms with Crippen LogP contribution < -0.4 is 0 Å². The summed E-state index contributed by atoms with van der Waals surface area (Å²) in [5.74, 6) is 0. The number of rotatable bonds is 9. The fraction of sp³-hybridized carbons (Fsp3) is 1.00. The molecule has 96 valence electrons. The summed E-state index contributed by atoms with van der Waals surface area (Å²) in [6.07, 6.45) is 0.0181. The summed E-state index contributed by atoms with van der Waals surface area (Å²) in [5.41, 5.74) is 0. The average molecular weight is 252 g/mol. The zero-order valence-corrected chi connectivity index (χ0v) is 11.0. The van der Waals surface area contributed by atoms with Crippen LogP contribution in [-0.2, 0) is 22.8 Å². The fourth-order valence-electron chi connectivity index (χ4n) is 1.40. The second-order valence-electron chi connectivity index (χ2n) is 3.54. The summed E-state index contributed by atoms with van der Waals surface area (Å²) in [6.45, 7) is 1.01. The molecule has 0 amide bonds. The molecule has 0 saturated carbocycles. The summed E-state index contributed by atoms with van der Waals surface area (Å²) in [7, 11) is 2.32. The molecule has 1 aliphatic heterocycles. The lowest BCUT2D eigenvalue weighted by Crippen LogP contribution is -2.42. The predicted molar refractivity (Wildman–Crippen MR) is 57.9 cm³/mol. The Bertz CT molecular complexity index is 190. The Balaban J connectivity index is 2.04. The van der Waals surface area contributed by atoms with E-state index < -0.39 is 15.1 Å². The van der Waals surface area contributed by atoms with E-state index in [9.17, 15) is 0 Å². The summed E-state index contributed by atoms with van der Waals surface area (Å²) < 4.78 is 25.9. The van der Waals surface area contributed by atoms with Gasteiger partial charge in [0.1, 0.15) is 6.10 Å². The van der Waals surface area contributed by atoms with Gasteiger partial charge in [0.25, 0.3) is 0 Å². The number of aliphatic hydroxyl groups is 1. The molecule has 0 aliphatic carbocycles. The van der Waals surface area contributed by atoms with E-state index in [2.05, 4.69) is 0 Å². The fourth-order valence-corrected chi connectivity index (χ4v) is 3.09. The van der Waals surface area contributed by atoms with Gasteiger partial charge in [0.2, 0.25) is 0 Å². The van der Waals surface area contributed by atoms with Gasteiger partial charge in [-0.2, -0.15) is 0 Å². The molecule has 0 aromatic heterocycles. The minimum atomic E-state index is -2.45. The molecule has 0 radical (unpaired) electrons. The van der Waals surface area contributed by atoms with Gasteiger partial charge in [-0.15, -0.1) is 0 Å². The summed E-state index contributed by atoms with van der Waals surface area (Å²) >= 11 is 0. The van der Waals surface area contributed by atoms with Crippen molar-refractivity contribution in [3.05, 3.63) is 0 Å². The SMILES string of the molecule is CO[Si](CCCOCC1OC1O)(OC)OC. The van der Waals surface area contributed by atoms with Crippen LogP contribution in [0.1, 0.15) is 6.42 Å². The maximum absolute atomic E-state index is 8.87. The molecule has 1 heterocycles. The van der Waals surface area contributed by atoms with Crippen molar-refractivity contribution in [2.45, 2.75) is 24.9 Å². The number of epoxide rings is 1. The molecule has 0 aromatic carbocycles. The van der Waals surface area contributed by atoms with Gasteiger partial charge in [-0.25, -0.2) is 0 Å². The highest BCUT2D eigenvalue weighted by atomic mass is 28.4. The lowest BCUT2D eigenvalue weighted by Gasteiger charge is -2.24. The first-order valence-corrected chi connectivity index (χ1v) is 7.17. The van der Waals surface area contributed by atoms with Crippen LogP contribution in [0.25, 0.3) is 0 Å². The average Bonchev–Trinajstić information content (AvgIpc) is 3.01. The summed E-state index contributed by atoms with van der Waals surface area (Å²) in [4.78, 5) is 0. The highest BCUT2D eigenvalue weighted by Gasteiger charge is 2.38. The van der Waals surface area contributed by atoms with E-state index in [0.717, 1.165) is 6.42 Å². The molecular weight excluding hydrogens is 232 g/mol. The highest BCUT2D eigenvalue weighted by Crippen LogP contribution is 2.19. The molecule has 0 bridgehead atoms. The van der Waals surface area contributed by atoms with Crippen molar-refractivity contribution in [3.8, 4) is 0 Å². The molecule has 1 saturated heterocycles. The van der Waals surface area contributed by atoms with Gasteiger partial charge in [0, 0.05) is 34.0 Å². The minimum Gasteiger partial charge on any atom is -0.379 e.